The van der Waals surface area contributed by atoms with Gasteiger partial charge in [0.15, 0.2) is 0 Å². The first-order valence-electron chi connectivity index (χ1n) is 10.2. The van der Waals surface area contributed by atoms with E-state index in [9.17, 15) is 9.90 Å². The van der Waals surface area contributed by atoms with Crippen LogP contribution in [-0.4, -0.2) is 53.7 Å². The maximum atomic E-state index is 12.6. The van der Waals surface area contributed by atoms with Crippen molar-refractivity contribution in [1.29, 1.82) is 0 Å². The summed E-state index contributed by atoms with van der Waals surface area (Å²) in [6.45, 7) is 2.44. The van der Waals surface area contributed by atoms with Crippen LogP contribution in [0.25, 0.3) is 11.1 Å². The van der Waals surface area contributed by atoms with Gasteiger partial charge in [0, 0.05) is 25.8 Å². The van der Waals surface area contributed by atoms with E-state index in [0.29, 0.717) is 42.7 Å². The largest absolute Gasteiger partial charge is 0.387 e. The average molecular weight is 438 g/mol. The number of nitrogens with one attached hydrogen (secondary N) is 1. The smallest absolute Gasteiger partial charge is 0.255 e. The number of rotatable bonds is 6. The molecule has 2 heterocycles. The molecule has 1 amide bonds. The third kappa shape index (κ3) is 5.22. The third-order valence-corrected chi connectivity index (χ3v) is 5.54. The Hall–Kier alpha value is -2.93. The van der Waals surface area contributed by atoms with Gasteiger partial charge in [0.1, 0.15) is 5.82 Å². The van der Waals surface area contributed by atoms with Gasteiger partial charge in [0.2, 0.25) is 0 Å². The van der Waals surface area contributed by atoms with Gasteiger partial charge in [-0.3, -0.25) is 4.79 Å². The molecule has 1 atom stereocenters. The lowest BCUT2D eigenvalue weighted by Gasteiger charge is -2.26. The highest BCUT2D eigenvalue weighted by molar-refractivity contribution is 6.33. The molecule has 1 saturated heterocycles. The highest BCUT2D eigenvalue weighted by Gasteiger charge is 2.20. The summed E-state index contributed by atoms with van der Waals surface area (Å²) in [5.41, 5.74) is 3.45. The zero-order valence-electron chi connectivity index (χ0n) is 17.0. The van der Waals surface area contributed by atoms with Crippen LogP contribution >= 0.6 is 11.6 Å². The van der Waals surface area contributed by atoms with E-state index >= 15 is 0 Å². The Morgan fingerprint density at radius 2 is 1.77 bits per heavy atom. The molecule has 0 bridgehead atoms. The SMILES string of the molecule is O=C(c1cnc(NCC(O)c2ccc(-c3ccccc3)cc2)c(Cl)c1)N1CCOCC1. The number of pyridine rings is 1. The van der Waals surface area contributed by atoms with Crippen molar-refractivity contribution in [2.75, 3.05) is 38.2 Å². The molecule has 6 nitrogen and oxygen atoms in total. The predicted molar refractivity (Wildman–Crippen MR) is 121 cm³/mol. The molecule has 1 unspecified atom stereocenters. The van der Waals surface area contributed by atoms with Crippen molar-refractivity contribution < 1.29 is 14.6 Å². The standard InChI is InChI=1S/C24H24ClN3O3/c25-21-14-20(24(30)28-10-12-31-13-11-28)15-26-23(21)27-16-22(29)19-8-6-18(7-9-19)17-4-2-1-3-5-17/h1-9,14-15,22,29H,10-13,16H2,(H,26,27). The normalized spacial score (nSPS) is 14.8. The number of aromatic nitrogens is 1. The maximum Gasteiger partial charge on any atom is 0.255 e. The molecule has 31 heavy (non-hydrogen) atoms. The van der Waals surface area contributed by atoms with E-state index in [1.165, 1.54) is 6.20 Å². The predicted octanol–water partition coefficient (Wildman–Crippen LogP) is 4.02. The van der Waals surface area contributed by atoms with Crippen LogP contribution in [0.2, 0.25) is 5.02 Å². The number of hydrogen-bond acceptors (Lipinski definition) is 5. The average Bonchev–Trinajstić information content (AvgIpc) is 2.84. The second-order valence-electron chi connectivity index (χ2n) is 7.34. The molecule has 0 saturated carbocycles. The highest BCUT2D eigenvalue weighted by Crippen LogP contribution is 2.24. The molecular formula is C24H24ClN3O3. The van der Waals surface area contributed by atoms with Crippen molar-refractivity contribution >= 4 is 23.3 Å². The van der Waals surface area contributed by atoms with Crippen molar-refractivity contribution in [3.05, 3.63) is 83.0 Å². The van der Waals surface area contributed by atoms with Crippen LogP contribution in [-0.2, 0) is 4.74 Å². The van der Waals surface area contributed by atoms with Crippen LogP contribution in [0.3, 0.4) is 0 Å². The number of halogens is 1. The van der Waals surface area contributed by atoms with E-state index in [4.69, 9.17) is 16.3 Å². The molecule has 160 valence electrons. The van der Waals surface area contributed by atoms with Gasteiger partial charge in [-0.2, -0.15) is 0 Å². The fraction of sp³-hybridized carbons (Fsp3) is 0.250. The fourth-order valence-corrected chi connectivity index (χ4v) is 3.71. The van der Waals surface area contributed by atoms with Gasteiger partial charge in [-0.25, -0.2) is 4.98 Å². The Balaban J connectivity index is 1.36. The number of aliphatic hydroxyl groups is 1. The third-order valence-electron chi connectivity index (χ3n) is 5.25. The molecule has 7 heteroatoms. The molecule has 0 radical (unpaired) electrons. The van der Waals surface area contributed by atoms with E-state index in [0.717, 1.165) is 16.7 Å². The summed E-state index contributed by atoms with van der Waals surface area (Å²) in [5, 5.41) is 13.9. The summed E-state index contributed by atoms with van der Waals surface area (Å²) in [6, 6.07) is 19.5. The molecule has 3 aromatic rings. The number of benzene rings is 2. The Bertz CT molecular complexity index is 1020. The maximum absolute atomic E-state index is 12.6. The number of carbonyl (C=O) groups is 1. The van der Waals surface area contributed by atoms with E-state index in [2.05, 4.69) is 10.3 Å². The molecule has 1 fully saturated rings. The number of carbonyl (C=O) groups excluding carboxylic acids is 1. The first-order chi connectivity index (χ1) is 15.1. The van der Waals surface area contributed by atoms with Crippen molar-refractivity contribution in [1.82, 2.24) is 9.88 Å². The van der Waals surface area contributed by atoms with Crippen molar-refractivity contribution in [2.24, 2.45) is 0 Å². The minimum atomic E-state index is -0.725. The highest BCUT2D eigenvalue weighted by atomic mass is 35.5. The van der Waals surface area contributed by atoms with Crippen LogP contribution in [0.4, 0.5) is 5.82 Å². The number of anilines is 1. The number of hydrogen-bond donors (Lipinski definition) is 2. The second kappa shape index (κ2) is 9.92. The second-order valence-corrected chi connectivity index (χ2v) is 7.75. The molecule has 2 N–H and O–H groups in total. The minimum Gasteiger partial charge on any atom is -0.387 e. The van der Waals surface area contributed by atoms with Crippen molar-refractivity contribution in [2.45, 2.75) is 6.10 Å². The Kier molecular flexibility index (Phi) is 6.82. The summed E-state index contributed by atoms with van der Waals surface area (Å²) in [5.74, 6) is 0.322. The van der Waals surface area contributed by atoms with E-state index in [1.807, 2.05) is 54.6 Å². The lowest BCUT2D eigenvalue weighted by molar-refractivity contribution is 0.0302. The fourth-order valence-electron chi connectivity index (χ4n) is 3.47. The van der Waals surface area contributed by atoms with Gasteiger partial charge in [0.25, 0.3) is 5.91 Å². The van der Waals surface area contributed by atoms with E-state index < -0.39 is 6.10 Å². The number of aliphatic hydroxyl groups excluding tert-OH is 1. The quantitative estimate of drug-likeness (QED) is 0.609. The van der Waals surface area contributed by atoms with Gasteiger partial charge in [-0.15, -0.1) is 0 Å². The summed E-state index contributed by atoms with van der Waals surface area (Å²) < 4.78 is 5.28. The Labute approximate surface area is 186 Å². The van der Waals surface area contributed by atoms with E-state index in [-0.39, 0.29) is 12.5 Å². The Morgan fingerprint density at radius 3 is 2.45 bits per heavy atom. The first-order valence-corrected chi connectivity index (χ1v) is 10.6. The number of ether oxygens (including phenoxy) is 1. The molecule has 1 aliphatic heterocycles. The lowest BCUT2D eigenvalue weighted by atomic mass is 10.0. The van der Waals surface area contributed by atoms with Crippen molar-refractivity contribution in [3.63, 3.8) is 0 Å². The lowest BCUT2D eigenvalue weighted by Crippen LogP contribution is -2.40. The zero-order valence-corrected chi connectivity index (χ0v) is 17.8. The monoisotopic (exact) mass is 437 g/mol. The summed E-state index contributed by atoms with van der Waals surface area (Å²) in [4.78, 5) is 18.6. The molecule has 0 spiro atoms. The van der Waals surface area contributed by atoms with Crippen molar-refractivity contribution in [3.8, 4) is 11.1 Å². The number of amides is 1. The van der Waals surface area contributed by atoms with Crippen LogP contribution in [0.1, 0.15) is 22.0 Å². The number of nitrogens with zero attached hydrogens (tertiary/aromatic N) is 2. The summed E-state index contributed by atoms with van der Waals surface area (Å²) in [7, 11) is 0. The van der Waals surface area contributed by atoms with E-state index in [1.54, 1.807) is 11.0 Å². The first kappa shape index (κ1) is 21.3. The minimum absolute atomic E-state index is 0.109. The summed E-state index contributed by atoms with van der Waals surface area (Å²) >= 11 is 6.33. The molecular weight excluding hydrogens is 414 g/mol. The topological polar surface area (TPSA) is 74.7 Å². The molecule has 1 aliphatic rings. The summed E-state index contributed by atoms with van der Waals surface area (Å²) in [6.07, 6.45) is 0.782. The molecule has 4 rings (SSSR count). The van der Waals surface area contributed by atoms with Gasteiger partial charge in [0.05, 0.1) is 29.9 Å². The van der Waals surface area contributed by atoms with Crippen LogP contribution in [0.5, 0.6) is 0 Å². The van der Waals surface area contributed by atoms with Gasteiger partial charge in [-0.05, 0) is 22.8 Å². The van der Waals surface area contributed by atoms with Crippen LogP contribution in [0.15, 0.2) is 66.9 Å². The Morgan fingerprint density at radius 1 is 1.10 bits per heavy atom. The zero-order chi connectivity index (χ0) is 21.6. The molecule has 1 aromatic heterocycles. The molecule has 2 aromatic carbocycles. The van der Waals surface area contributed by atoms with Crippen LogP contribution in [0, 0.1) is 0 Å². The molecule has 0 aliphatic carbocycles. The number of morpholine rings is 1. The van der Waals surface area contributed by atoms with Gasteiger partial charge in [-0.1, -0.05) is 66.2 Å². The van der Waals surface area contributed by atoms with Gasteiger partial charge >= 0.3 is 0 Å². The van der Waals surface area contributed by atoms with Crippen LogP contribution < -0.4 is 5.32 Å². The van der Waals surface area contributed by atoms with Gasteiger partial charge < -0.3 is 20.1 Å².